The van der Waals surface area contributed by atoms with Crippen LogP contribution in [0.1, 0.15) is 33.6 Å². The predicted molar refractivity (Wildman–Crippen MR) is 97.7 cm³/mol. The molecule has 24 heavy (non-hydrogen) atoms. The van der Waals surface area contributed by atoms with Gasteiger partial charge in [0, 0.05) is 17.3 Å². The highest BCUT2D eigenvalue weighted by atomic mass is 35.5. The van der Waals surface area contributed by atoms with Gasteiger partial charge in [-0.05, 0) is 44.4 Å². The number of methoxy groups -OCH3 is 1. The van der Waals surface area contributed by atoms with Crippen LogP contribution >= 0.6 is 23.4 Å². The van der Waals surface area contributed by atoms with Gasteiger partial charge < -0.3 is 10.1 Å². The quantitative estimate of drug-likeness (QED) is 0.723. The monoisotopic (exact) mass is 364 g/mol. The number of hydrogen-bond donors (Lipinski definition) is 1. The van der Waals surface area contributed by atoms with Crippen LogP contribution in [-0.2, 0) is 9.53 Å². The highest BCUT2D eigenvalue weighted by Gasteiger charge is 2.39. The van der Waals surface area contributed by atoms with Crippen molar-refractivity contribution in [1.82, 2.24) is 5.32 Å². The molecule has 0 aromatic rings. The molecule has 0 radical (unpaired) electrons. The van der Waals surface area contributed by atoms with Crippen LogP contribution in [0.2, 0.25) is 0 Å². The van der Waals surface area contributed by atoms with E-state index in [1.54, 1.807) is 0 Å². The Morgan fingerprint density at radius 1 is 1.50 bits per heavy atom. The lowest BCUT2D eigenvalue weighted by Gasteiger charge is -2.28. The number of rotatable bonds is 5. The highest BCUT2D eigenvalue weighted by molar-refractivity contribution is 8.08. The summed E-state index contributed by atoms with van der Waals surface area (Å²) in [5.41, 5.74) is 2.77. The first kappa shape index (κ1) is 18.7. The van der Waals surface area contributed by atoms with Gasteiger partial charge in [0.1, 0.15) is 0 Å². The van der Waals surface area contributed by atoms with Crippen molar-refractivity contribution in [3.05, 3.63) is 44.0 Å². The van der Waals surface area contributed by atoms with Crippen molar-refractivity contribution in [2.75, 3.05) is 7.11 Å². The second kappa shape index (κ2) is 7.96. The van der Waals surface area contributed by atoms with Crippen molar-refractivity contribution in [3.63, 3.8) is 0 Å². The van der Waals surface area contributed by atoms with E-state index in [1.807, 2.05) is 32.9 Å². The van der Waals surface area contributed by atoms with Crippen LogP contribution in [0.3, 0.4) is 0 Å². The number of hydrogen-bond acceptors (Lipinski definition) is 5. The maximum absolute atomic E-state index is 12.4. The van der Waals surface area contributed by atoms with E-state index in [2.05, 4.69) is 11.4 Å². The third-order valence-corrected chi connectivity index (χ3v) is 5.37. The molecule has 128 valence electrons. The van der Waals surface area contributed by atoms with Gasteiger partial charge in [0.05, 0.1) is 28.7 Å². The number of carbonyl (C=O) groups is 1. The second-order valence-electron chi connectivity index (χ2n) is 5.82. The van der Waals surface area contributed by atoms with Crippen molar-refractivity contribution in [2.45, 2.75) is 33.6 Å². The summed E-state index contributed by atoms with van der Waals surface area (Å²) in [5, 5.41) is 12.9. The Kier molecular flexibility index (Phi) is 6.20. The molecule has 1 heterocycles. The fourth-order valence-corrected chi connectivity index (χ4v) is 3.72. The first-order valence-corrected chi connectivity index (χ1v) is 9.00. The number of carbonyl (C=O) groups excluding carboxylic acids is 1. The van der Waals surface area contributed by atoms with Crippen LogP contribution in [-0.4, -0.2) is 13.1 Å². The molecule has 2 rings (SSSR count). The molecule has 1 fully saturated rings. The molecule has 1 aliphatic carbocycles. The van der Waals surface area contributed by atoms with E-state index in [4.69, 9.17) is 16.3 Å². The molecule has 0 aromatic heterocycles. The number of esters is 1. The summed E-state index contributed by atoms with van der Waals surface area (Å²) in [6.07, 6.45) is 5.83. The van der Waals surface area contributed by atoms with Gasteiger partial charge in [-0.3, -0.25) is 0 Å². The van der Waals surface area contributed by atoms with Crippen LogP contribution in [0.5, 0.6) is 0 Å². The van der Waals surface area contributed by atoms with Crippen LogP contribution in [0.15, 0.2) is 44.0 Å². The van der Waals surface area contributed by atoms with Crippen molar-refractivity contribution in [3.8, 4) is 6.07 Å². The van der Waals surface area contributed by atoms with Gasteiger partial charge in [-0.1, -0.05) is 35.5 Å². The number of ether oxygens (including phenoxy) is 1. The zero-order chi connectivity index (χ0) is 17.9. The minimum atomic E-state index is -0.409. The van der Waals surface area contributed by atoms with E-state index >= 15 is 0 Å². The molecule has 0 bridgehead atoms. The number of allylic oxidation sites excluding steroid dienone is 6. The van der Waals surface area contributed by atoms with E-state index in [9.17, 15) is 10.1 Å². The molecule has 0 aromatic carbocycles. The molecular formula is C18H21ClN2O2S. The molecule has 6 heteroatoms. The molecule has 4 nitrogen and oxygen atoms in total. The van der Waals surface area contributed by atoms with E-state index in [0.29, 0.717) is 21.4 Å². The summed E-state index contributed by atoms with van der Waals surface area (Å²) in [6, 6.07) is 2.24. The Morgan fingerprint density at radius 3 is 2.67 bits per heavy atom. The maximum Gasteiger partial charge on any atom is 0.336 e. The van der Waals surface area contributed by atoms with Crippen LogP contribution in [0.4, 0.5) is 0 Å². The van der Waals surface area contributed by atoms with E-state index in [-0.39, 0.29) is 5.97 Å². The van der Waals surface area contributed by atoms with Crippen LogP contribution < -0.4 is 5.32 Å². The maximum atomic E-state index is 12.4. The summed E-state index contributed by atoms with van der Waals surface area (Å²) in [5.74, 6) is -0.453. The number of thioether (sulfide) groups is 1. The minimum absolute atomic E-state index is 0.345. The van der Waals surface area contributed by atoms with E-state index < -0.39 is 5.92 Å². The Labute approximate surface area is 152 Å². The van der Waals surface area contributed by atoms with Gasteiger partial charge in [0.2, 0.25) is 0 Å². The molecular weight excluding hydrogens is 344 g/mol. The van der Waals surface area contributed by atoms with Gasteiger partial charge in [0.15, 0.2) is 0 Å². The number of nitriles is 1. The summed E-state index contributed by atoms with van der Waals surface area (Å²) < 4.78 is 5.65. The number of nitrogens with zero attached hydrogens (tertiary/aromatic N) is 1. The van der Waals surface area contributed by atoms with Crippen molar-refractivity contribution in [1.29, 1.82) is 5.26 Å². The molecule has 1 atom stereocenters. The molecule has 0 saturated heterocycles. The van der Waals surface area contributed by atoms with Gasteiger partial charge in [-0.15, -0.1) is 0 Å². The smallest absolute Gasteiger partial charge is 0.336 e. The SMILES string of the molecule is C/C=C(/Cl)S/C(C)=C/C1C(C#N)=C(C)NC(C2CC2)=C1C(=O)OC. The van der Waals surface area contributed by atoms with Gasteiger partial charge >= 0.3 is 5.97 Å². The fraction of sp³-hybridized carbons (Fsp3) is 0.444. The average Bonchev–Trinajstić information content (AvgIpc) is 3.38. The zero-order valence-electron chi connectivity index (χ0n) is 14.3. The van der Waals surface area contributed by atoms with Crippen molar-refractivity contribution >= 4 is 29.3 Å². The zero-order valence-corrected chi connectivity index (χ0v) is 15.8. The molecule has 0 amide bonds. The Hall–Kier alpha value is -1.64. The topological polar surface area (TPSA) is 62.1 Å². The molecule has 1 aliphatic heterocycles. The van der Waals surface area contributed by atoms with Crippen LogP contribution in [0.25, 0.3) is 0 Å². The van der Waals surface area contributed by atoms with Gasteiger partial charge in [0.25, 0.3) is 0 Å². The summed E-state index contributed by atoms with van der Waals surface area (Å²) in [7, 11) is 1.37. The Morgan fingerprint density at radius 2 is 2.17 bits per heavy atom. The van der Waals surface area contributed by atoms with Gasteiger partial charge in [-0.2, -0.15) is 5.26 Å². The molecule has 1 unspecified atom stereocenters. The second-order valence-corrected chi connectivity index (χ2v) is 7.74. The number of halogens is 1. The number of dihydropyridines is 1. The first-order valence-electron chi connectivity index (χ1n) is 7.81. The third kappa shape index (κ3) is 4.06. The third-order valence-electron chi connectivity index (χ3n) is 4.04. The van der Waals surface area contributed by atoms with E-state index in [1.165, 1.54) is 18.9 Å². The lowest BCUT2D eigenvalue weighted by Crippen LogP contribution is -2.30. The van der Waals surface area contributed by atoms with Gasteiger partial charge in [-0.25, -0.2) is 4.79 Å². The molecule has 1 N–H and O–H groups in total. The summed E-state index contributed by atoms with van der Waals surface area (Å²) in [4.78, 5) is 13.4. The Bertz CT molecular complexity index is 709. The normalized spacial score (nSPS) is 22.2. The fourth-order valence-electron chi connectivity index (χ4n) is 2.72. The van der Waals surface area contributed by atoms with Crippen LogP contribution in [0, 0.1) is 23.2 Å². The lowest BCUT2D eigenvalue weighted by atomic mass is 9.84. The van der Waals surface area contributed by atoms with Crippen molar-refractivity contribution < 1.29 is 9.53 Å². The molecule has 1 saturated carbocycles. The minimum Gasteiger partial charge on any atom is -0.466 e. The average molecular weight is 365 g/mol. The number of nitrogens with one attached hydrogen (secondary N) is 1. The molecule has 2 aliphatic rings. The standard InChI is InChI=1S/C18H21ClN2O2S/c1-5-15(19)24-10(2)8-13-14(9-20)11(3)21-17(12-6-7-12)16(13)18(22)23-4/h5,8,12-13,21H,6-7H2,1-4H3/b10-8+,15-5-. The van der Waals surface area contributed by atoms with E-state index in [0.717, 1.165) is 29.1 Å². The first-order chi connectivity index (χ1) is 11.4. The summed E-state index contributed by atoms with van der Waals surface area (Å²) >= 11 is 7.50. The predicted octanol–water partition coefficient (Wildman–Crippen LogP) is 4.58. The largest absolute Gasteiger partial charge is 0.466 e. The van der Waals surface area contributed by atoms with Crippen molar-refractivity contribution in [2.24, 2.45) is 11.8 Å². The Balaban J connectivity index is 2.50. The lowest BCUT2D eigenvalue weighted by molar-refractivity contribution is -0.136. The molecule has 0 spiro atoms. The summed E-state index contributed by atoms with van der Waals surface area (Å²) in [6.45, 7) is 5.66. The highest BCUT2D eigenvalue weighted by Crippen LogP contribution is 2.43.